The fourth-order valence-electron chi connectivity index (χ4n) is 3.42. The Morgan fingerprint density at radius 2 is 1.70 bits per heavy atom. The predicted octanol–water partition coefficient (Wildman–Crippen LogP) is 4.08. The first-order valence-electron chi connectivity index (χ1n) is 10.2. The molecule has 2 amide bonds. The van der Waals surface area contributed by atoms with Gasteiger partial charge in [0.25, 0.3) is 5.91 Å². The molecule has 3 aromatic rings. The Balaban J connectivity index is 1.80. The molecule has 3 aromatic carbocycles. The lowest BCUT2D eigenvalue weighted by Gasteiger charge is -2.29. The van der Waals surface area contributed by atoms with Crippen LogP contribution in [0.25, 0.3) is 10.8 Å². The maximum absolute atomic E-state index is 13.1. The van der Waals surface area contributed by atoms with Gasteiger partial charge in [0.1, 0.15) is 11.8 Å². The van der Waals surface area contributed by atoms with Crippen LogP contribution in [0.3, 0.4) is 0 Å². The van der Waals surface area contributed by atoms with Crippen LogP contribution in [0.4, 0.5) is 0 Å². The Labute approximate surface area is 177 Å². The molecular weight excluding hydrogens is 376 g/mol. The van der Waals surface area contributed by atoms with Crippen molar-refractivity contribution in [2.45, 2.75) is 33.4 Å². The SMILES string of the molecule is CCNC(=O)[C@@H](C)N(Cc1ccccc1C)C(=O)COc1cccc2ccccc12. The molecule has 0 aromatic heterocycles. The third-order valence-electron chi connectivity index (χ3n) is 5.22. The smallest absolute Gasteiger partial charge is 0.261 e. The summed E-state index contributed by atoms with van der Waals surface area (Å²) in [7, 11) is 0. The minimum Gasteiger partial charge on any atom is -0.483 e. The Morgan fingerprint density at radius 1 is 1.00 bits per heavy atom. The molecule has 156 valence electrons. The van der Waals surface area contributed by atoms with Crippen molar-refractivity contribution in [3.8, 4) is 5.75 Å². The number of nitrogens with zero attached hydrogens (tertiary/aromatic N) is 1. The lowest BCUT2D eigenvalue weighted by molar-refractivity contribution is -0.142. The van der Waals surface area contributed by atoms with Crippen LogP contribution in [0, 0.1) is 6.92 Å². The molecule has 0 fully saturated rings. The molecule has 1 N–H and O–H groups in total. The van der Waals surface area contributed by atoms with Gasteiger partial charge in [0.05, 0.1) is 0 Å². The second-order valence-corrected chi connectivity index (χ2v) is 7.28. The molecule has 0 spiro atoms. The molecule has 0 unspecified atom stereocenters. The second-order valence-electron chi connectivity index (χ2n) is 7.28. The number of hydrogen-bond acceptors (Lipinski definition) is 3. The highest BCUT2D eigenvalue weighted by atomic mass is 16.5. The van der Waals surface area contributed by atoms with E-state index in [1.54, 1.807) is 11.8 Å². The summed E-state index contributed by atoms with van der Waals surface area (Å²) in [5.41, 5.74) is 2.08. The molecule has 0 heterocycles. The first kappa shape index (κ1) is 21.4. The Morgan fingerprint density at radius 3 is 2.47 bits per heavy atom. The summed E-state index contributed by atoms with van der Waals surface area (Å²) >= 11 is 0. The number of carbonyl (C=O) groups excluding carboxylic acids is 2. The van der Waals surface area contributed by atoms with Crippen molar-refractivity contribution in [2.24, 2.45) is 0 Å². The second kappa shape index (κ2) is 9.92. The summed E-state index contributed by atoms with van der Waals surface area (Å²) in [5, 5.41) is 4.81. The minimum atomic E-state index is -0.604. The van der Waals surface area contributed by atoms with Gasteiger partial charge in [-0.3, -0.25) is 9.59 Å². The summed E-state index contributed by atoms with van der Waals surface area (Å²) in [5.74, 6) is 0.248. The molecule has 0 aliphatic carbocycles. The number of nitrogens with one attached hydrogen (secondary N) is 1. The third kappa shape index (κ3) is 4.98. The zero-order valence-corrected chi connectivity index (χ0v) is 17.7. The fourth-order valence-corrected chi connectivity index (χ4v) is 3.42. The number of aryl methyl sites for hydroxylation is 1. The van der Waals surface area contributed by atoms with Crippen LogP contribution in [0.1, 0.15) is 25.0 Å². The van der Waals surface area contributed by atoms with E-state index in [0.29, 0.717) is 18.8 Å². The Bertz CT molecular complexity index is 1030. The number of rotatable bonds is 8. The average Bonchev–Trinajstić information content (AvgIpc) is 2.76. The molecule has 0 bridgehead atoms. The van der Waals surface area contributed by atoms with Gasteiger partial charge in [0, 0.05) is 18.5 Å². The van der Waals surface area contributed by atoms with E-state index in [4.69, 9.17) is 4.74 Å². The van der Waals surface area contributed by atoms with Crippen LogP contribution in [0.5, 0.6) is 5.75 Å². The molecule has 5 nitrogen and oxygen atoms in total. The first-order chi connectivity index (χ1) is 14.5. The van der Waals surface area contributed by atoms with Crippen LogP contribution < -0.4 is 10.1 Å². The number of benzene rings is 3. The van der Waals surface area contributed by atoms with E-state index in [9.17, 15) is 9.59 Å². The average molecular weight is 405 g/mol. The van der Waals surface area contributed by atoms with Crippen molar-refractivity contribution >= 4 is 22.6 Å². The van der Waals surface area contributed by atoms with Crippen LogP contribution in [-0.2, 0) is 16.1 Å². The number of fused-ring (bicyclic) bond motifs is 1. The molecule has 0 saturated heterocycles. The molecule has 30 heavy (non-hydrogen) atoms. The lowest BCUT2D eigenvalue weighted by atomic mass is 10.1. The van der Waals surface area contributed by atoms with Crippen molar-refractivity contribution in [1.82, 2.24) is 10.2 Å². The van der Waals surface area contributed by atoms with Gasteiger partial charge in [0.2, 0.25) is 5.91 Å². The molecule has 3 rings (SSSR count). The Hall–Kier alpha value is -3.34. The van der Waals surface area contributed by atoms with Crippen LogP contribution in [-0.4, -0.2) is 35.9 Å². The maximum Gasteiger partial charge on any atom is 0.261 e. The van der Waals surface area contributed by atoms with Crippen LogP contribution in [0.15, 0.2) is 66.7 Å². The summed E-state index contributed by atoms with van der Waals surface area (Å²) in [6.45, 7) is 6.34. The highest BCUT2D eigenvalue weighted by Crippen LogP contribution is 2.25. The number of hydrogen-bond donors (Lipinski definition) is 1. The van der Waals surface area contributed by atoms with E-state index in [1.165, 1.54) is 0 Å². The topological polar surface area (TPSA) is 58.6 Å². The maximum atomic E-state index is 13.1. The molecule has 0 radical (unpaired) electrons. The van der Waals surface area contributed by atoms with Gasteiger partial charge < -0.3 is 15.0 Å². The molecule has 0 saturated carbocycles. The van der Waals surface area contributed by atoms with E-state index in [0.717, 1.165) is 21.9 Å². The summed E-state index contributed by atoms with van der Waals surface area (Å²) in [6.07, 6.45) is 0. The van der Waals surface area contributed by atoms with E-state index in [2.05, 4.69) is 5.32 Å². The molecular formula is C25H28N2O3. The number of ether oxygens (including phenoxy) is 1. The minimum absolute atomic E-state index is 0.135. The molecule has 1 atom stereocenters. The van der Waals surface area contributed by atoms with E-state index in [1.807, 2.05) is 80.6 Å². The van der Waals surface area contributed by atoms with Gasteiger partial charge in [0.15, 0.2) is 6.61 Å². The zero-order valence-electron chi connectivity index (χ0n) is 17.7. The van der Waals surface area contributed by atoms with Crippen molar-refractivity contribution in [2.75, 3.05) is 13.2 Å². The van der Waals surface area contributed by atoms with Crippen molar-refractivity contribution < 1.29 is 14.3 Å². The van der Waals surface area contributed by atoms with Gasteiger partial charge in [-0.1, -0.05) is 60.7 Å². The van der Waals surface area contributed by atoms with Crippen molar-refractivity contribution in [3.05, 3.63) is 77.9 Å². The molecule has 5 heteroatoms. The highest BCUT2D eigenvalue weighted by molar-refractivity contribution is 5.90. The summed E-state index contributed by atoms with van der Waals surface area (Å²) in [4.78, 5) is 27.2. The highest BCUT2D eigenvalue weighted by Gasteiger charge is 2.26. The van der Waals surface area contributed by atoms with Gasteiger partial charge in [-0.15, -0.1) is 0 Å². The largest absolute Gasteiger partial charge is 0.483 e. The van der Waals surface area contributed by atoms with Crippen LogP contribution >= 0.6 is 0 Å². The zero-order chi connectivity index (χ0) is 21.5. The Kier molecular flexibility index (Phi) is 7.07. The van der Waals surface area contributed by atoms with E-state index >= 15 is 0 Å². The summed E-state index contributed by atoms with van der Waals surface area (Å²) in [6, 6.07) is 20.9. The van der Waals surface area contributed by atoms with Gasteiger partial charge in [-0.25, -0.2) is 0 Å². The quantitative estimate of drug-likeness (QED) is 0.615. The van der Waals surface area contributed by atoms with Gasteiger partial charge in [-0.2, -0.15) is 0 Å². The monoisotopic (exact) mass is 404 g/mol. The first-order valence-corrected chi connectivity index (χ1v) is 10.2. The molecule has 0 aliphatic rings. The van der Waals surface area contributed by atoms with Gasteiger partial charge >= 0.3 is 0 Å². The van der Waals surface area contributed by atoms with E-state index < -0.39 is 6.04 Å². The number of carbonyl (C=O) groups is 2. The summed E-state index contributed by atoms with van der Waals surface area (Å²) < 4.78 is 5.90. The van der Waals surface area contributed by atoms with Crippen molar-refractivity contribution in [1.29, 1.82) is 0 Å². The number of likely N-dealkylation sites (N-methyl/N-ethyl adjacent to an activating group) is 1. The fraction of sp³-hybridized carbons (Fsp3) is 0.280. The predicted molar refractivity (Wildman–Crippen MR) is 119 cm³/mol. The van der Waals surface area contributed by atoms with E-state index in [-0.39, 0.29) is 18.4 Å². The normalized spacial score (nSPS) is 11.7. The lowest BCUT2D eigenvalue weighted by Crippen LogP contribution is -2.49. The van der Waals surface area contributed by atoms with Crippen LogP contribution in [0.2, 0.25) is 0 Å². The third-order valence-corrected chi connectivity index (χ3v) is 5.22. The molecule has 0 aliphatic heterocycles. The van der Waals surface area contributed by atoms with Gasteiger partial charge in [-0.05, 0) is 43.4 Å². The van der Waals surface area contributed by atoms with Crippen molar-refractivity contribution in [3.63, 3.8) is 0 Å². The standard InChI is InChI=1S/C25H28N2O3/c1-4-26-25(29)19(3)27(16-21-12-6-5-10-18(21)2)24(28)17-30-23-15-9-13-20-11-7-8-14-22(20)23/h5-15,19H,4,16-17H2,1-3H3,(H,26,29)/t19-/m1/s1. The number of amides is 2.